The number of benzene rings is 2. The number of anilines is 2. The second-order valence-corrected chi connectivity index (χ2v) is 6.55. The summed E-state index contributed by atoms with van der Waals surface area (Å²) in [5, 5.41) is 5.26. The first-order valence-electron chi connectivity index (χ1n) is 7.83. The second-order valence-electron chi connectivity index (χ2n) is 5.69. The molecule has 2 aromatic carbocycles. The van der Waals surface area contributed by atoms with Crippen molar-refractivity contribution in [1.82, 2.24) is 4.90 Å². The molecule has 0 spiro atoms. The van der Waals surface area contributed by atoms with Gasteiger partial charge in [0, 0.05) is 29.2 Å². The SMILES string of the molecule is CN(CCC(=O)Nc1ccc(F)c(F)c1)CC(=O)Nc1ccccc1Br. The van der Waals surface area contributed by atoms with Gasteiger partial charge in [-0.15, -0.1) is 0 Å². The van der Waals surface area contributed by atoms with E-state index in [1.807, 2.05) is 18.2 Å². The van der Waals surface area contributed by atoms with Crippen molar-refractivity contribution in [2.45, 2.75) is 6.42 Å². The number of halogens is 3. The van der Waals surface area contributed by atoms with E-state index >= 15 is 0 Å². The maximum Gasteiger partial charge on any atom is 0.238 e. The van der Waals surface area contributed by atoms with Gasteiger partial charge in [-0.25, -0.2) is 8.78 Å². The number of carbonyl (C=O) groups excluding carboxylic acids is 2. The van der Waals surface area contributed by atoms with Crippen LogP contribution in [-0.4, -0.2) is 36.9 Å². The van der Waals surface area contributed by atoms with Gasteiger partial charge in [-0.05, 0) is 47.2 Å². The minimum absolute atomic E-state index is 0.109. The highest BCUT2D eigenvalue weighted by atomic mass is 79.9. The molecule has 138 valence electrons. The Labute approximate surface area is 158 Å². The van der Waals surface area contributed by atoms with E-state index in [1.165, 1.54) is 6.07 Å². The minimum atomic E-state index is -1.02. The van der Waals surface area contributed by atoms with Gasteiger partial charge < -0.3 is 10.6 Å². The number of rotatable bonds is 7. The van der Waals surface area contributed by atoms with Crippen LogP contribution in [0.15, 0.2) is 46.9 Å². The summed E-state index contributed by atoms with van der Waals surface area (Å²) in [7, 11) is 1.71. The number of hydrogen-bond donors (Lipinski definition) is 2. The van der Waals surface area contributed by atoms with Crippen molar-refractivity contribution in [3.05, 3.63) is 58.6 Å². The second kappa shape index (κ2) is 9.40. The zero-order valence-electron chi connectivity index (χ0n) is 14.1. The van der Waals surface area contributed by atoms with E-state index in [4.69, 9.17) is 0 Å². The maximum atomic E-state index is 13.1. The van der Waals surface area contributed by atoms with Crippen molar-refractivity contribution in [2.75, 3.05) is 30.8 Å². The first kappa shape index (κ1) is 20.0. The van der Waals surface area contributed by atoms with Crippen molar-refractivity contribution < 1.29 is 18.4 Å². The molecule has 0 radical (unpaired) electrons. The molecule has 8 heteroatoms. The zero-order valence-corrected chi connectivity index (χ0v) is 15.6. The normalized spacial score (nSPS) is 10.7. The standard InChI is InChI=1S/C18H18BrF2N3O2/c1-24(11-18(26)23-16-5-3-2-4-13(16)19)9-8-17(25)22-12-6-7-14(20)15(21)10-12/h2-7,10H,8-9,11H2,1H3,(H,22,25)(H,23,26). The maximum absolute atomic E-state index is 13.1. The number of likely N-dealkylation sites (N-methyl/N-ethyl adjacent to an activating group) is 1. The number of nitrogens with one attached hydrogen (secondary N) is 2. The van der Waals surface area contributed by atoms with Crippen LogP contribution in [0, 0.1) is 11.6 Å². The third-order valence-corrected chi connectivity index (χ3v) is 4.18. The van der Waals surface area contributed by atoms with E-state index in [-0.39, 0.29) is 30.5 Å². The van der Waals surface area contributed by atoms with Gasteiger partial charge in [-0.1, -0.05) is 12.1 Å². The smallest absolute Gasteiger partial charge is 0.238 e. The van der Waals surface area contributed by atoms with Crippen molar-refractivity contribution in [3.63, 3.8) is 0 Å². The molecule has 0 saturated carbocycles. The third kappa shape index (κ3) is 6.20. The fraction of sp³-hybridized carbons (Fsp3) is 0.222. The van der Waals surface area contributed by atoms with Crippen LogP contribution < -0.4 is 10.6 Å². The predicted molar refractivity (Wildman–Crippen MR) is 99.9 cm³/mol. The van der Waals surface area contributed by atoms with Gasteiger partial charge in [-0.2, -0.15) is 0 Å². The molecule has 0 aliphatic heterocycles. The summed E-state index contributed by atoms with van der Waals surface area (Å²) < 4.78 is 26.7. The molecular formula is C18H18BrF2N3O2. The number of nitrogens with zero attached hydrogens (tertiary/aromatic N) is 1. The molecule has 2 N–H and O–H groups in total. The van der Waals surface area contributed by atoms with E-state index in [9.17, 15) is 18.4 Å². The van der Waals surface area contributed by atoms with Gasteiger partial charge in [-0.3, -0.25) is 14.5 Å². The van der Waals surface area contributed by atoms with Crippen LogP contribution in [0.1, 0.15) is 6.42 Å². The van der Waals surface area contributed by atoms with Crippen molar-refractivity contribution in [1.29, 1.82) is 0 Å². The average Bonchev–Trinajstić information content (AvgIpc) is 2.58. The highest BCUT2D eigenvalue weighted by molar-refractivity contribution is 9.10. The summed E-state index contributed by atoms with van der Waals surface area (Å²) in [4.78, 5) is 25.6. The lowest BCUT2D eigenvalue weighted by molar-refractivity contribution is -0.119. The van der Waals surface area contributed by atoms with E-state index in [2.05, 4.69) is 26.6 Å². The molecule has 2 amide bonds. The summed E-state index contributed by atoms with van der Waals surface area (Å²) in [6.45, 7) is 0.443. The Morgan fingerprint density at radius 2 is 1.77 bits per heavy atom. The van der Waals surface area contributed by atoms with Crippen molar-refractivity contribution in [2.24, 2.45) is 0 Å². The summed E-state index contributed by atoms with van der Waals surface area (Å²) in [6, 6.07) is 10.4. The number of carbonyl (C=O) groups is 2. The molecule has 0 aromatic heterocycles. The van der Waals surface area contributed by atoms with E-state index in [1.54, 1.807) is 18.0 Å². The molecule has 2 rings (SSSR count). The Bertz CT molecular complexity index is 802. The molecule has 0 unspecified atom stereocenters. The first-order valence-corrected chi connectivity index (χ1v) is 8.62. The molecule has 26 heavy (non-hydrogen) atoms. The lowest BCUT2D eigenvalue weighted by Crippen LogP contribution is -2.32. The highest BCUT2D eigenvalue weighted by Crippen LogP contribution is 2.21. The summed E-state index contributed by atoms with van der Waals surface area (Å²) in [6.07, 6.45) is 0.109. The lowest BCUT2D eigenvalue weighted by Gasteiger charge is -2.16. The van der Waals surface area contributed by atoms with Crippen LogP contribution in [0.25, 0.3) is 0 Å². The van der Waals surface area contributed by atoms with E-state index < -0.39 is 11.6 Å². The van der Waals surface area contributed by atoms with Gasteiger partial charge in [0.05, 0.1) is 12.2 Å². The molecule has 0 bridgehead atoms. The number of para-hydroxylation sites is 1. The predicted octanol–water partition coefficient (Wildman–Crippen LogP) is 3.63. The Morgan fingerprint density at radius 3 is 2.46 bits per heavy atom. The van der Waals surface area contributed by atoms with Gasteiger partial charge in [0.1, 0.15) is 0 Å². The molecule has 0 fully saturated rings. The molecule has 0 aliphatic rings. The topological polar surface area (TPSA) is 61.4 Å². The third-order valence-electron chi connectivity index (χ3n) is 3.49. The van der Waals surface area contributed by atoms with Crippen molar-refractivity contribution >= 4 is 39.1 Å². The Morgan fingerprint density at radius 1 is 1.04 bits per heavy atom. The Balaban J connectivity index is 1.76. The zero-order chi connectivity index (χ0) is 19.1. The molecule has 2 aromatic rings. The fourth-order valence-electron chi connectivity index (χ4n) is 2.17. The summed E-state index contributed by atoms with van der Waals surface area (Å²) >= 11 is 3.35. The number of hydrogen-bond acceptors (Lipinski definition) is 3. The van der Waals surface area contributed by atoms with E-state index in [0.29, 0.717) is 12.2 Å². The monoisotopic (exact) mass is 425 g/mol. The highest BCUT2D eigenvalue weighted by Gasteiger charge is 2.11. The summed E-state index contributed by atoms with van der Waals surface area (Å²) in [5.74, 6) is -2.56. The van der Waals surface area contributed by atoms with Crippen molar-refractivity contribution in [3.8, 4) is 0 Å². The molecule has 0 atom stereocenters. The van der Waals surface area contributed by atoms with Crippen LogP contribution >= 0.6 is 15.9 Å². The molecule has 0 heterocycles. The average molecular weight is 426 g/mol. The first-order chi connectivity index (χ1) is 12.3. The Hall–Kier alpha value is -2.32. The van der Waals surface area contributed by atoms with Crippen LogP contribution in [0.5, 0.6) is 0 Å². The minimum Gasteiger partial charge on any atom is -0.326 e. The van der Waals surface area contributed by atoms with E-state index in [0.717, 1.165) is 16.6 Å². The van der Waals surface area contributed by atoms with Crippen LogP contribution in [-0.2, 0) is 9.59 Å². The molecule has 5 nitrogen and oxygen atoms in total. The number of amides is 2. The van der Waals surface area contributed by atoms with Gasteiger partial charge in [0.25, 0.3) is 0 Å². The molecule has 0 aliphatic carbocycles. The molecular weight excluding hydrogens is 408 g/mol. The Kier molecular flexibility index (Phi) is 7.23. The van der Waals surface area contributed by atoms with Gasteiger partial charge in [0.15, 0.2) is 11.6 Å². The molecule has 0 saturated heterocycles. The largest absolute Gasteiger partial charge is 0.326 e. The lowest BCUT2D eigenvalue weighted by atomic mass is 10.3. The van der Waals surface area contributed by atoms with Crippen LogP contribution in [0.3, 0.4) is 0 Å². The quantitative estimate of drug-likeness (QED) is 0.711. The van der Waals surface area contributed by atoms with Crippen LogP contribution in [0.2, 0.25) is 0 Å². The van der Waals surface area contributed by atoms with Crippen LogP contribution in [0.4, 0.5) is 20.2 Å². The summed E-state index contributed by atoms with van der Waals surface area (Å²) in [5.41, 5.74) is 0.852. The van der Waals surface area contributed by atoms with Gasteiger partial charge in [0.2, 0.25) is 11.8 Å². The van der Waals surface area contributed by atoms with Gasteiger partial charge >= 0.3 is 0 Å². The fourth-order valence-corrected chi connectivity index (χ4v) is 2.55.